The summed E-state index contributed by atoms with van der Waals surface area (Å²) in [4.78, 5) is 15.3. The minimum atomic E-state index is -0.252. The first-order chi connectivity index (χ1) is 11.6. The third-order valence-corrected chi connectivity index (χ3v) is 8.48. The van der Waals surface area contributed by atoms with Crippen molar-refractivity contribution in [3.8, 4) is 6.07 Å². The van der Waals surface area contributed by atoms with Crippen LogP contribution in [0.3, 0.4) is 0 Å². The Morgan fingerprint density at radius 2 is 2.04 bits per heavy atom. The van der Waals surface area contributed by atoms with Crippen molar-refractivity contribution in [2.24, 2.45) is 29.1 Å². The Balaban J connectivity index is 1.35. The first kappa shape index (κ1) is 14.1. The van der Waals surface area contributed by atoms with E-state index in [9.17, 15) is 15.2 Å². The monoisotopic (exact) mass is 327 g/mol. The summed E-state index contributed by atoms with van der Waals surface area (Å²) in [5.74, 6) is 2.68. The fourth-order valence-electron chi connectivity index (χ4n) is 7.65. The van der Waals surface area contributed by atoms with Crippen molar-refractivity contribution in [1.82, 2.24) is 10.2 Å². The van der Waals surface area contributed by atoms with Crippen LogP contribution in [0, 0.1) is 40.4 Å². The van der Waals surface area contributed by atoms with Gasteiger partial charge in [0.05, 0.1) is 18.2 Å². The summed E-state index contributed by atoms with van der Waals surface area (Å²) in [5, 5.41) is 23.6. The number of nitrogens with zero attached hydrogens (tertiary/aromatic N) is 2. The zero-order valence-corrected chi connectivity index (χ0v) is 13.9. The molecular formula is C19H25N3O2. The SMILES string of the molecule is N#C[C@@H]1C[C@@H]2C[C@@H]2N1C(=O)[C@H]1NC2[C@H]3CC4C[C@H](C[C@H](O)C[C@]421)C3. The molecule has 0 aromatic carbocycles. The highest BCUT2D eigenvalue weighted by molar-refractivity contribution is 5.86. The minimum absolute atomic E-state index is 0.0284. The lowest BCUT2D eigenvalue weighted by atomic mass is 9.60. The lowest BCUT2D eigenvalue weighted by Crippen LogP contribution is -2.75. The fourth-order valence-corrected chi connectivity index (χ4v) is 7.65. The summed E-state index contributed by atoms with van der Waals surface area (Å²) in [5.41, 5.74) is -0.0284. The van der Waals surface area contributed by atoms with Crippen molar-refractivity contribution in [3.05, 3.63) is 0 Å². The summed E-state index contributed by atoms with van der Waals surface area (Å²) in [6, 6.07) is 2.73. The first-order valence-electron chi connectivity index (χ1n) is 9.77. The van der Waals surface area contributed by atoms with Crippen LogP contribution >= 0.6 is 0 Å². The molecule has 2 heterocycles. The van der Waals surface area contributed by atoms with E-state index in [0.29, 0.717) is 35.8 Å². The van der Waals surface area contributed by atoms with Crippen molar-refractivity contribution in [2.45, 2.75) is 75.2 Å². The van der Waals surface area contributed by atoms with Crippen LogP contribution in [0.25, 0.3) is 0 Å². The molecule has 5 nitrogen and oxygen atoms in total. The van der Waals surface area contributed by atoms with Gasteiger partial charge in [-0.05, 0) is 68.6 Å². The van der Waals surface area contributed by atoms with Gasteiger partial charge in [-0.2, -0.15) is 5.26 Å². The van der Waals surface area contributed by atoms with Gasteiger partial charge in [0.2, 0.25) is 5.91 Å². The van der Waals surface area contributed by atoms with Crippen LogP contribution in [-0.2, 0) is 4.79 Å². The van der Waals surface area contributed by atoms with Gasteiger partial charge in [0.1, 0.15) is 6.04 Å². The fraction of sp³-hybridized carbons (Fsp3) is 0.895. The highest BCUT2D eigenvalue weighted by Crippen LogP contribution is 2.66. The van der Waals surface area contributed by atoms with Gasteiger partial charge in [-0.25, -0.2) is 0 Å². The van der Waals surface area contributed by atoms with Gasteiger partial charge in [-0.3, -0.25) is 4.79 Å². The molecule has 0 radical (unpaired) electrons. The molecule has 1 amide bonds. The van der Waals surface area contributed by atoms with Gasteiger partial charge in [0, 0.05) is 17.5 Å². The van der Waals surface area contributed by atoms with Crippen LogP contribution in [-0.4, -0.2) is 46.2 Å². The molecule has 2 N–H and O–H groups in total. The Morgan fingerprint density at radius 3 is 2.88 bits per heavy atom. The van der Waals surface area contributed by atoms with Gasteiger partial charge in [-0.1, -0.05) is 0 Å². The van der Waals surface area contributed by atoms with E-state index in [1.54, 1.807) is 0 Å². The Kier molecular flexibility index (Phi) is 2.55. The number of aliphatic hydroxyl groups excluding tert-OH is 1. The number of carbonyl (C=O) groups excluding carboxylic acids is 1. The predicted octanol–water partition coefficient (Wildman–Crippen LogP) is 1.03. The number of nitrogens with one attached hydrogen (secondary N) is 1. The molecule has 24 heavy (non-hydrogen) atoms. The second kappa shape index (κ2) is 4.34. The number of piperidine rings is 1. The Morgan fingerprint density at radius 1 is 1.17 bits per heavy atom. The zero-order valence-electron chi connectivity index (χ0n) is 13.9. The standard InChI is InChI=1S/C19H25N3O2/c20-8-13-5-10-6-15(10)22(13)18(24)17-19-7-14(23)3-9-1-11(16(19)21-17)4-12(19)2-9/h9-17,21,23H,1-7H2/t9-,10-,11-,12?,13+,14+,15+,16?,17-,19+/m1/s1. The van der Waals surface area contributed by atoms with E-state index < -0.39 is 0 Å². The Bertz CT molecular complexity index is 659. The summed E-state index contributed by atoms with van der Waals surface area (Å²) < 4.78 is 0. The van der Waals surface area contributed by atoms with E-state index in [4.69, 9.17) is 0 Å². The third kappa shape index (κ3) is 1.51. The number of carbonyl (C=O) groups is 1. The van der Waals surface area contributed by atoms with Gasteiger partial charge in [0.15, 0.2) is 0 Å². The molecule has 0 aromatic rings. The van der Waals surface area contributed by atoms with Crippen molar-refractivity contribution in [1.29, 1.82) is 5.26 Å². The quantitative estimate of drug-likeness (QED) is 0.754. The van der Waals surface area contributed by atoms with Gasteiger partial charge < -0.3 is 15.3 Å². The predicted molar refractivity (Wildman–Crippen MR) is 85.5 cm³/mol. The van der Waals surface area contributed by atoms with Crippen LogP contribution in [0.15, 0.2) is 0 Å². The zero-order chi connectivity index (χ0) is 16.2. The lowest BCUT2D eigenvalue weighted by molar-refractivity contribution is -0.150. The van der Waals surface area contributed by atoms with Gasteiger partial charge >= 0.3 is 0 Å². The summed E-state index contributed by atoms with van der Waals surface area (Å²) in [6.45, 7) is 0. The molecule has 2 aliphatic heterocycles. The molecule has 128 valence electrons. The highest BCUT2D eigenvalue weighted by atomic mass is 16.3. The number of amides is 1. The maximum atomic E-state index is 13.4. The molecule has 3 bridgehead atoms. The van der Waals surface area contributed by atoms with E-state index >= 15 is 0 Å². The molecule has 2 unspecified atom stereocenters. The molecule has 5 heteroatoms. The Hall–Kier alpha value is -1.12. The molecular weight excluding hydrogens is 302 g/mol. The molecule has 6 fully saturated rings. The number of rotatable bonds is 1. The van der Waals surface area contributed by atoms with Gasteiger partial charge in [0.25, 0.3) is 0 Å². The molecule has 10 atom stereocenters. The van der Waals surface area contributed by atoms with E-state index in [1.165, 1.54) is 19.3 Å². The second-order valence-corrected chi connectivity index (χ2v) is 9.50. The van der Waals surface area contributed by atoms with Crippen LogP contribution in [0.2, 0.25) is 0 Å². The topological polar surface area (TPSA) is 76.4 Å². The molecule has 0 aromatic heterocycles. The molecule has 4 saturated carbocycles. The number of fused-ring (bicyclic) bond motifs is 4. The smallest absolute Gasteiger partial charge is 0.241 e. The van der Waals surface area contributed by atoms with Crippen molar-refractivity contribution in [2.75, 3.05) is 0 Å². The van der Waals surface area contributed by atoms with Crippen molar-refractivity contribution < 1.29 is 9.90 Å². The highest BCUT2D eigenvalue weighted by Gasteiger charge is 2.72. The number of hydrogen-bond acceptors (Lipinski definition) is 4. The van der Waals surface area contributed by atoms with Gasteiger partial charge in [-0.15, -0.1) is 0 Å². The number of likely N-dealkylation sites (tertiary alicyclic amines) is 1. The first-order valence-corrected chi connectivity index (χ1v) is 9.77. The maximum Gasteiger partial charge on any atom is 0.241 e. The summed E-state index contributed by atoms with van der Waals surface area (Å²) >= 11 is 0. The molecule has 6 aliphatic rings. The number of aliphatic hydroxyl groups is 1. The van der Waals surface area contributed by atoms with E-state index in [2.05, 4.69) is 11.4 Å². The van der Waals surface area contributed by atoms with Crippen LogP contribution in [0.4, 0.5) is 0 Å². The van der Waals surface area contributed by atoms with Crippen molar-refractivity contribution in [3.63, 3.8) is 0 Å². The number of hydrogen-bond donors (Lipinski definition) is 2. The van der Waals surface area contributed by atoms with E-state index in [1.807, 2.05) is 4.90 Å². The molecule has 4 aliphatic carbocycles. The lowest BCUT2D eigenvalue weighted by Gasteiger charge is -2.57. The average molecular weight is 327 g/mol. The molecule has 2 saturated heterocycles. The Labute approximate surface area is 142 Å². The molecule has 1 spiro atoms. The average Bonchev–Trinajstić information content (AvgIpc) is 3.18. The minimum Gasteiger partial charge on any atom is -0.393 e. The maximum absolute atomic E-state index is 13.4. The molecule has 6 rings (SSSR count). The van der Waals surface area contributed by atoms with E-state index in [0.717, 1.165) is 25.7 Å². The van der Waals surface area contributed by atoms with Crippen LogP contribution < -0.4 is 5.32 Å². The summed E-state index contributed by atoms with van der Waals surface area (Å²) in [6.07, 6.45) is 7.08. The largest absolute Gasteiger partial charge is 0.393 e. The number of nitriles is 1. The normalized spacial score (nSPS) is 59.2. The second-order valence-electron chi connectivity index (χ2n) is 9.50. The summed E-state index contributed by atoms with van der Waals surface area (Å²) in [7, 11) is 0. The van der Waals surface area contributed by atoms with E-state index in [-0.39, 0.29) is 29.5 Å². The van der Waals surface area contributed by atoms with Crippen LogP contribution in [0.5, 0.6) is 0 Å². The van der Waals surface area contributed by atoms with Crippen LogP contribution in [0.1, 0.15) is 44.9 Å². The third-order valence-electron chi connectivity index (χ3n) is 8.48. The van der Waals surface area contributed by atoms with Crippen molar-refractivity contribution >= 4 is 5.91 Å².